The highest BCUT2D eigenvalue weighted by Crippen LogP contribution is 2.28. The first-order valence-electron chi connectivity index (χ1n) is 7.88. The summed E-state index contributed by atoms with van der Waals surface area (Å²) in [6, 6.07) is 7.74. The first-order chi connectivity index (χ1) is 11.0. The molecule has 0 spiro atoms. The summed E-state index contributed by atoms with van der Waals surface area (Å²) in [5.74, 6) is 0.654. The Bertz CT molecular complexity index is 747. The maximum Gasteiger partial charge on any atom is 0.230 e. The lowest BCUT2D eigenvalue weighted by molar-refractivity contribution is -0.126. The number of aliphatic hydroxyl groups is 1. The van der Waals surface area contributed by atoms with Crippen LogP contribution < -0.4 is 5.32 Å². The van der Waals surface area contributed by atoms with Crippen LogP contribution in [-0.2, 0) is 15.8 Å². The zero-order chi connectivity index (χ0) is 18.1. The molecule has 24 heavy (non-hydrogen) atoms. The molecule has 0 aliphatic rings. The van der Waals surface area contributed by atoms with Crippen molar-refractivity contribution in [1.29, 1.82) is 0 Å². The van der Waals surface area contributed by atoms with Gasteiger partial charge in [0.2, 0.25) is 5.91 Å². The summed E-state index contributed by atoms with van der Waals surface area (Å²) in [4.78, 5) is 12.6. The molecule has 0 aliphatic carbocycles. The zero-order valence-corrected chi connectivity index (χ0v) is 14.7. The van der Waals surface area contributed by atoms with Crippen LogP contribution in [0.2, 0.25) is 0 Å². The minimum absolute atomic E-state index is 0.0321. The lowest BCUT2D eigenvalue weighted by Gasteiger charge is -2.28. The Morgan fingerprint density at radius 2 is 1.92 bits per heavy atom. The Kier molecular flexibility index (Phi) is 4.85. The first-order valence-corrected chi connectivity index (χ1v) is 7.88. The summed E-state index contributed by atoms with van der Waals surface area (Å²) >= 11 is 0. The van der Waals surface area contributed by atoms with Crippen molar-refractivity contribution >= 4 is 5.91 Å². The lowest BCUT2D eigenvalue weighted by Crippen LogP contribution is -2.46. The molecule has 1 heterocycles. The van der Waals surface area contributed by atoms with Gasteiger partial charge in [-0.05, 0) is 58.4 Å². The van der Waals surface area contributed by atoms with Crippen molar-refractivity contribution < 1.29 is 18.7 Å². The van der Waals surface area contributed by atoms with Gasteiger partial charge in [-0.25, -0.2) is 4.39 Å². The van der Waals surface area contributed by atoms with Gasteiger partial charge in [0.15, 0.2) is 0 Å². The van der Waals surface area contributed by atoms with E-state index in [1.807, 2.05) is 0 Å². The number of halogens is 1. The van der Waals surface area contributed by atoms with Crippen LogP contribution in [0.4, 0.5) is 4.39 Å². The van der Waals surface area contributed by atoms with Gasteiger partial charge in [0.25, 0.3) is 0 Å². The van der Waals surface area contributed by atoms with Gasteiger partial charge in [0.05, 0.1) is 12.0 Å². The van der Waals surface area contributed by atoms with Crippen molar-refractivity contribution in [2.45, 2.75) is 45.6 Å². The summed E-state index contributed by atoms with van der Waals surface area (Å²) in [6.45, 7) is 8.68. The van der Waals surface area contributed by atoms with Gasteiger partial charge in [-0.3, -0.25) is 4.79 Å². The van der Waals surface area contributed by atoms with Crippen LogP contribution in [0.5, 0.6) is 0 Å². The fourth-order valence-corrected chi connectivity index (χ4v) is 2.74. The van der Waals surface area contributed by atoms with E-state index in [0.29, 0.717) is 22.6 Å². The highest BCUT2D eigenvalue weighted by Gasteiger charge is 2.33. The second-order valence-corrected chi connectivity index (χ2v) is 6.92. The van der Waals surface area contributed by atoms with E-state index in [1.165, 1.54) is 12.1 Å². The number of carbonyl (C=O) groups excluding carboxylic acids is 1. The second kappa shape index (κ2) is 6.40. The highest BCUT2D eigenvalue weighted by atomic mass is 19.1. The summed E-state index contributed by atoms with van der Waals surface area (Å²) in [5.41, 5.74) is -0.950. The number of furan rings is 1. The zero-order valence-electron chi connectivity index (χ0n) is 14.7. The molecule has 2 aromatic rings. The topological polar surface area (TPSA) is 62.5 Å². The Hall–Kier alpha value is -2.14. The van der Waals surface area contributed by atoms with Crippen LogP contribution in [0.15, 0.2) is 34.7 Å². The van der Waals surface area contributed by atoms with E-state index >= 15 is 0 Å². The van der Waals surface area contributed by atoms with Crippen LogP contribution in [0.1, 0.15) is 43.4 Å². The van der Waals surface area contributed by atoms with Crippen molar-refractivity contribution in [1.82, 2.24) is 5.32 Å². The summed E-state index contributed by atoms with van der Waals surface area (Å²) < 4.78 is 18.9. The molecule has 2 rings (SSSR count). The predicted octanol–water partition coefficient (Wildman–Crippen LogP) is 3.34. The first kappa shape index (κ1) is 18.2. The van der Waals surface area contributed by atoms with Gasteiger partial charge in [-0.1, -0.05) is 12.1 Å². The Labute approximate surface area is 141 Å². The monoisotopic (exact) mass is 333 g/mol. The van der Waals surface area contributed by atoms with Crippen molar-refractivity contribution in [3.63, 3.8) is 0 Å². The Morgan fingerprint density at radius 3 is 2.46 bits per heavy atom. The van der Waals surface area contributed by atoms with E-state index in [9.17, 15) is 14.3 Å². The maximum atomic E-state index is 13.4. The highest BCUT2D eigenvalue weighted by molar-refractivity contribution is 5.87. The van der Waals surface area contributed by atoms with Gasteiger partial charge < -0.3 is 14.8 Å². The molecule has 0 saturated heterocycles. The van der Waals surface area contributed by atoms with Crippen LogP contribution in [0.3, 0.4) is 0 Å². The summed E-state index contributed by atoms with van der Waals surface area (Å²) in [5, 5.41) is 13.4. The molecule has 1 atom stereocenters. The molecular weight excluding hydrogens is 309 g/mol. The van der Waals surface area contributed by atoms with Gasteiger partial charge >= 0.3 is 0 Å². The molecule has 130 valence electrons. The number of benzene rings is 1. The number of rotatable bonds is 5. The standard InChI is InChI=1S/C19H24FNO3/c1-12-9-16(13(2)24-12)19(5,23)11-21-17(22)18(3,4)14-7-6-8-15(20)10-14/h6-10,23H,11H2,1-5H3,(H,21,22). The van der Waals surface area contributed by atoms with E-state index in [0.717, 1.165) is 0 Å². The smallest absolute Gasteiger partial charge is 0.230 e. The van der Waals surface area contributed by atoms with Crippen molar-refractivity contribution in [2.24, 2.45) is 0 Å². The quantitative estimate of drug-likeness (QED) is 0.882. The minimum atomic E-state index is -1.25. The molecule has 1 unspecified atom stereocenters. The fraction of sp³-hybridized carbons (Fsp3) is 0.421. The fourth-order valence-electron chi connectivity index (χ4n) is 2.74. The third-order valence-corrected chi connectivity index (χ3v) is 4.33. The second-order valence-electron chi connectivity index (χ2n) is 6.92. The molecule has 0 aliphatic heterocycles. The number of amides is 1. The van der Waals surface area contributed by atoms with Gasteiger partial charge in [0, 0.05) is 5.56 Å². The SMILES string of the molecule is Cc1cc(C(C)(O)CNC(=O)C(C)(C)c2cccc(F)c2)c(C)o1. The third-order valence-electron chi connectivity index (χ3n) is 4.33. The van der Waals surface area contributed by atoms with Crippen molar-refractivity contribution in [2.75, 3.05) is 6.54 Å². The normalized spacial score (nSPS) is 14.3. The van der Waals surface area contributed by atoms with Crippen LogP contribution in [0, 0.1) is 19.7 Å². The van der Waals surface area contributed by atoms with E-state index in [1.54, 1.807) is 52.8 Å². The summed E-state index contributed by atoms with van der Waals surface area (Å²) in [6.07, 6.45) is 0. The average molecular weight is 333 g/mol. The van der Waals surface area contributed by atoms with Crippen molar-refractivity contribution in [3.8, 4) is 0 Å². The Morgan fingerprint density at radius 1 is 1.25 bits per heavy atom. The lowest BCUT2D eigenvalue weighted by atomic mass is 9.83. The molecule has 5 heteroatoms. The Balaban J connectivity index is 2.13. The summed E-state index contributed by atoms with van der Waals surface area (Å²) in [7, 11) is 0. The van der Waals surface area contributed by atoms with Crippen LogP contribution in [-0.4, -0.2) is 17.6 Å². The molecule has 2 N–H and O–H groups in total. The van der Waals surface area contributed by atoms with E-state index in [-0.39, 0.29) is 18.3 Å². The molecule has 0 saturated carbocycles. The maximum absolute atomic E-state index is 13.4. The molecule has 0 radical (unpaired) electrons. The van der Waals surface area contributed by atoms with Crippen LogP contribution in [0.25, 0.3) is 0 Å². The number of nitrogens with one attached hydrogen (secondary N) is 1. The van der Waals surface area contributed by atoms with Crippen molar-refractivity contribution in [3.05, 3.63) is 58.8 Å². The molecule has 0 fully saturated rings. The van der Waals surface area contributed by atoms with Crippen LogP contribution >= 0.6 is 0 Å². The molecular formula is C19H24FNO3. The number of aryl methyl sites for hydroxylation is 2. The molecule has 1 amide bonds. The molecule has 0 bridgehead atoms. The predicted molar refractivity (Wildman–Crippen MR) is 90.2 cm³/mol. The molecule has 1 aromatic carbocycles. The number of carbonyl (C=O) groups is 1. The molecule has 1 aromatic heterocycles. The third kappa shape index (κ3) is 3.67. The van der Waals surface area contributed by atoms with Gasteiger partial charge in [0.1, 0.15) is 22.9 Å². The largest absolute Gasteiger partial charge is 0.466 e. The van der Waals surface area contributed by atoms with E-state index in [4.69, 9.17) is 4.42 Å². The van der Waals surface area contributed by atoms with E-state index in [2.05, 4.69) is 5.32 Å². The minimum Gasteiger partial charge on any atom is -0.466 e. The number of hydrogen-bond acceptors (Lipinski definition) is 3. The number of hydrogen-bond donors (Lipinski definition) is 2. The van der Waals surface area contributed by atoms with Gasteiger partial charge in [-0.2, -0.15) is 0 Å². The molecule has 4 nitrogen and oxygen atoms in total. The van der Waals surface area contributed by atoms with Gasteiger partial charge in [-0.15, -0.1) is 0 Å². The average Bonchev–Trinajstić information content (AvgIpc) is 2.84. The van der Waals surface area contributed by atoms with E-state index < -0.39 is 11.0 Å².